The van der Waals surface area contributed by atoms with Crippen LogP contribution in [0, 0.1) is 0 Å². The molecule has 0 spiro atoms. The molecule has 0 fully saturated rings. The van der Waals surface area contributed by atoms with Gasteiger partial charge < -0.3 is 41.2 Å². The van der Waals surface area contributed by atoms with Gasteiger partial charge in [0.15, 0.2) is 0 Å². The van der Waals surface area contributed by atoms with Crippen LogP contribution in [0.2, 0.25) is 0 Å². The molecular weight excluding hydrogens is 366 g/mol. The number of hydrogen-bond donors (Lipinski definition) is 2. The molecule has 0 radical (unpaired) electrons. The Balaban J connectivity index is -0.00000000200. The van der Waals surface area contributed by atoms with E-state index in [9.17, 15) is 0 Å². The molecule has 0 aromatic heterocycles. The van der Waals surface area contributed by atoms with Crippen LogP contribution in [0.3, 0.4) is 0 Å². The molecule has 8 heteroatoms. The smallest absolute Gasteiger partial charge is 1.00 e. The molecule has 0 heterocycles. The topological polar surface area (TPSA) is 79.2 Å². The molecule has 0 saturated carbocycles. The van der Waals surface area contributed by atoms with Crippen LogP contribution in [0.1, 0.15) is 0 Å². The minimum Gasteiger partial charge on any atom is -1.00 e. The molecule has 0 aromatic rings. The van der Waals surface area contributed by atoms with E-state index in [4.69, 9.17) is 0 Å². The van der Waals surface area contributed by atoms with E-state index < -0.39 is 0 Å². The summed E-state index contributed by atoms with van der Waals surface area (Å²) in [7, 11) is 1.86. The van der Waals surface area contributed by atoms with E-state index in [0.717, 1.165) is 21.0 Å². The molecule has 8 heavy (non-hydrogen) atoms. The maximum atomic E-state index is 4.53. The van der Waals surface area contributed by atoms with E-state index in [2.05, 4.69) is 4.12 Å². The van der Waals surface area contributed by atoms with Crippen molar-refractivity contribution in [3.05, 3.63) is 0 Å². The number of hydrogen-bond acceptors (Lipinski definition) is 3. The molecule has 0 unspecified atom stereocenters. The molecule has 0 atom stereocenters. The normalized spacial score (nSPS) is 3.00. The summed E-state index contributed by atoms with van der Waals surface area (Å²) in [6.45, 7) is 0. The fourth-order valence-corrected chi connectivity index (χ4v) is 0. The Morgan fingerprint density at radius 3 is 0.875 bits per heavy atom. The van der Waals surface area contributed by atoms with Crippen molar-refractivity contribution in [2.45, 2.75) is 0 Å². The third-order valence-electron chi connectivity index (χ3n) is 0. The molecule has 0 aromatic carbocycles. The van der Waals surface area contributed by atoms with Crippen molar-refractivity contribution >= 4 is 21.0 Å². The molecule has 0 rings (SSSR count). The summed E-state index contributed by atoms with van der Waals surface area (Å²) in [6, 6.07) is 0. The Morgan fingerprint density at radius 2 is 0.875 bits per heavy atom. The van der Waals surface area contributed by atoms with Crippen molar-refractivity contribution in [2.24, 2.45) is 0 Å². The predicted molar refractivity (Wildman–Crippen MR) is 31.0 cm³/mol. The van der Waals surface area contributed by atoms with E-state index >= 15 is 0 Å². The molecular formula is H12Cl2N2OPtSi2. The standard InChI is InChI=1S/2ClH.2H3N.H6OSi2.Pt/c;;;;2-1-3;/h2*1H;2*1H3;2-3H3;/q;;;;;+2/p-2. The van der Waals surface area contributed by atoms with Gasteiger partial charge in [0, 0.05) is 0 Å². The first-order valence-corrected chi connectivity index (χ1v) is 2.45. The second kappa shape index (κ2) is 74.0. The molecule has 3 nitrogen and oxygen atoms in total. The first-order chi connectivity index (χ1) is 1.41. The average Bonchev–Trinajstić information content (AvgIpc) is 0.918. The summed E-state index contributed by atoms with van der Waals surface area (Å²) >= 11 is 0. The van der Waals surface area contributed by atoms with E-state index in [1.165, 1.54) is 0 Å². The number of halogens is 2. The van der Waals surface area contributed by atoms with Crippen LogP contribution in [-0.4, -0.2) is 21.0 Å². The van der Waals surface area contributed by atoms with Crippen LogP contribution >= 0.6 is 0 Å². The van der Waals surface area contributed by atoms with Crippen molar-refractivity contribution in [2.75, 3.05) is 0 Å². The minimum absolute atomic E-state index is 0. The van der Waals surface area contributed by atoms with Gasteiger partial charge in [0.25, 0.3) is 0 Å². The van der Waals surface area contributed by atoms with Crippen LogP contribution in [0.15, 0.2) is 0 Å². The zero-order valence-corrected chi connectivity index (χ0v) is 12.7. The fourth-order valence-electron chi connectivity index (χ4n) is 0. The Kier molecular flexibility index (Phi) is 509. The van der Waals surface area contributed by atoms with Crippen molar-refractivity contribution in [1.82, 2.24) is 12.3 Å². The number of rotatable bonds is 0. The van der Waals surface area contributed by atoms with Gasteiger partial charge in [0.2, 0.25) is 0 Å². The summed E-state index contributed by atoms with van der Waals surface area (Å²) < 4.78 is 4.53. The molecule has 0 aliphatic heterocycles. The fraction of sp³-hybridized carbons (Fsp3) is 0. The molecule has 0 aliphatic carbocycles. The first kappa shape index (κ1) is 55.0. The maximum Gasteiger partial charge on any atom is 2.00 e. The van der Waals surface area contributed by atoms with Gasteiger partial charge in [-0.2, -0.15) is 0 Å². The van der Waals surface area contributed by atoms with E-state index in [0.29, 0.717) is 0 Å². The Labute approximate surface area is 83.0 Å². The third-order valence-corrected chi connectivity index (χ3v) is 0. The van der Waals surface area contributed by atoms with Crippen molar-refractivity contribution in [3.63, 3.8) is 0 Å². The van der Waals surface area contributed by atoms with E-state index in [-0.39, 0.29) is 58.2 Å². The maximum absolute atomic E-state index is 4.53. The average molecular weight is 378 g/mol. The van der Waals surface area contributed by atoms with Gasteiger partial charge in [-0.25, -0.2) is 0 Å². The summed E-state index contributed by atoms with van der Waals surface area (Å²) in [6.07, 6.45) is 0. The van der Waals surface area contributed by atoms with Gasteiger partial charge in [0.05, 0.1) is 0 Å². The van der Waals surface area contributed by atoms with Gasteiger partial charge in [-0.1, -0.05) is 0 Å². The van der Waals surface area contributed by atoms with E-state index in [1.54, 1.807) is 0 Å². The van der Waals surface area contributed by atoms with Crippen LogP contribution in [0.4, 0.5) is 0 Å². The summed E-state index contributed by atoms with van der Waals surface area (Å²) in [5, 5.41) is 0. The second-order valence-electron chi connectivity index (χ2n) is 0.408. The van der Waals surface area contributed by atoms with Crippen LogP contribution in [-0.2, 0) is 25.2 Å². The summed E-state index contributed by atoms with van der Waals surface area (Å²) in [4.78, 5) is 0. The van der Waals surface area contributed by atoms with E-state index in [1.807, 2.05) is 0 Å². The van der Waals surface area contributed by atoms with Crippen molar-refractivity contribution in [1.29, 1.82) is 0 Å². The van der Waals surface area contributed by atoms with Gasteiger partial charge in [0.1, 0.15) is 21.0 Å². The predicted octanol–water partition coefficient (Wildman–Crippen LogP) is -8.11. The summed E-state index contributed by atoms with van der Waals surface area (Å²) in [5.41, 5.74) is 0. The molecule has 60 valence electrons. The third kappa shape index (κ3) is 131. The minimum atomic E-state index is 0. The molecule has 0 amide bonds. The van der Waals surface area contributed by atoms with Crippen LogP contribution in [0.5, 0.6) is 0 Å². The van der Waals surface area contributed by atoms with Gasteiger partial charge in [-0.15, -0.1) is 0 Å². The largest absolute Gasteiger partial charge is 2.00 e. The van der Waals surface area contributed by atoms with Gasteiger partial charge in [-0.05, 0) is 0 Å². The molecule has 0 aliphatic rings. The van der Waals surface area contributed by atoms with Gasteiger partial charge in [-0.3, -0.25) is 0 Å². The van der Waals surface area contributed by atoms with Crippen LogP contribution in [0.25, 0.3) is 0 Å². The van der Waals surface area contributed by atoms with Crippen molar-refractivity contribution in [3.8, 4) is 0 Å². The molecule has 6 N–H and O–H groups in total. The second-order valence-corrected chi connectivity index (χ2v) is 3.67. The molecule has 0 saturated heterocycles. The first-order valence-electron chi connectivity index (χ1n) is 0.816. The zero-order chi connectivity index (χ0) is 2.71. The monoisotopic (exact) mass is 377 g/mol. The summed E-state index contributed by atoms with van der Waals surface area (Å²) in [5.74, 6) is 0. The SMILES string of the molecule is N.N.[Cl-].[Cl-].[Pt+2].[SiH3]O[SiH3]. The molecule has 0 bridgehead atoms. The Bertz CT molecular complexity index is 18.0. The Morgan fingerprint density at radius 1 is 0.875 bits per heavy atom. The van der Waals surface area contributed by atoms with Gasteiger partial charge >= 0.3 is 21.1 Å². The van der Waals surface area contributed by atoms with Crippen LogP contribution < -0.4 is 37.1 Å². The van der Waals surface area contributed by atoms with Crippen molar-refractivity contribution < 1.29 is 50.0 Å². The zero-order valence-electron chi connectivity index (χ0n) is 4.89. The quantitative estimate of drug-likeness (QED) is 0.411. The Hall–Kier alpha value is 1.58.